The quantitative estimate of drug-likeness (QED) is 0.814. The highest BCUT2D eigenvalue weighted by atomic mass is 16.5. The number of nitrogens with zero attached hydrogens (tertiary/aromatic N) is 1. The van der Waals surface area contributed by atoms with Gasteiger partial charge in [-0.15, -0.1) is 0 Å². The van der Waals surface area contributed by atoms with E-state index in [0.717, 1.165) is 45.1 Å². The second kappa shape index (κ2) is 6.53. The van der Waals surface area contributed by atoms with Crippen LogP contribution in [0.15, 0.2) is 0 Å². The first-order chi connectivity index (χ1) is 8.77. The molecule has 4 heteroatoms. The van der Waals surface area contributed by atoms with Crippen LogP contribution in [0, 0.1) is 0 Å². The van der Waals surface area contributed by atoms with Gasteiger partial charge in [0.15, 0.2) is 0 Å². The monoisotopic (exact) mass is 254 g/mol. The Balaban J connectivity index is 2.00. The van der Waals surface area contributed by atoms with Gasteiger partial charge in [0.05, 0.1) is 24.9 Å². The lowest BCUT2D eigenvalue weighted by Gasteiger charge is -2.34. The molecule has 0 spiro atoms. The van der Waals surface area contributed by atoms with Gasteiger partial charge in [-0.25, -0.2) is 0 Å². The maximum absolute atomic E-state index is 12.5. The standard InChI is InChI=1S/C14H26N2O2/c1-3-5-8-12-14(17)16(13(4-2)15-12)11-7-6-9-18-10-11/h11-13,15H,3-10H2,1-2H3. The summed E-state index contributed by atoms with van der Waals surface area (Å²) in [4.78, 5) is 14.6. The molecule has 18 heavy (non-hydrogen) atoms. The molecule has 2 fully saturated rings. The largest absolute Gasteiger partial charge is 0.379 e. The molecule has 2 rings (SSSR count). The zero-order valence-corrected chi connectivity index (χ0v) is 11.7. The molecular weight excluding hydrogens is 228 g/mol. The summed E-state index contributed by atoms with van der Waals surface area (Å²) in [6, 6.07) is 0.326. The molecule has 3 atom stereocenters. The van der Waals surface area contributed by atoms with Crippen LogP contribution in [0.1, 0.15) is 52.4 Å². The van der Waals surface area contributed by atoms with Gasteiger partial charge in [-0.3, -0.25) is 10.1 Å². The molecule has 0 aromatic heterocycles. The Morgan fingerprint density at radius 2 is 2.28 bits per heavy atom. The number of amides is 1. The van der Waals surface area contributed by atoms with Gasteiger partial charge in [-0.05, 0) is 25.7 Å². The molecule has 104 valence electrons. The van der Waals surface area contributed by atoms with Gasteiger partial charge in [0.2, 0.25) is 5.91 Å². The second-order valence-electron chi connectivity index (χ2n) is 5.40. The van der Waals surface area contributed by atoms with E-state index in [4.69, 9.17) is 4.74 Å². The van der Waals surface area contributed by atoms with Crippen LogP contribution in [0.25, 0.3) is 0 Å². The predicted octanol–water partition coefficient (Wildman–Crippen LogP) is 1.89. The summed E-state index contributed by atoms with van der Waals surface area (Å²) in [5.41, 5.74) is 0. The molecule has 2 aliphatic heterocycles. The van der Waals surface area contributed by atoms with Crippen LogP contribution in [-0.4, -0.2) is 42.3 Å². The maximum Gasteiger partial charge on any atom is 0.241 e. The fraction of sp³-hybridized carbons (Fsp3) is 0.929. The van der Waals surface area contributed by atoms with Crippen LogP contribution in [0.4, 0.5) is 0 Å². The summed E-state index contributed by atoms with van der Waals surface area (Å²) >= 11 is 0. The van der Waals surface area contributed by atoms with Crippen LogP contribution < -0.4 is 5.32 Å². The summed E-state index contributed by atoms with van der Waals surface area (Å²) in [6.45, 7) is 5.87. The highest BCUT2D eigenvalue weighted by molar-refractivity contribution is 5.84. The Kier molecular flexibility index (Phi) is 5.01. The van der Waals surface area contributed by atoms with Crippen molar-refractivity contribution in [3.8, 4) is 0 Å². The number of nitrogens with one attached hydrogen (secondary N) is 1. The van der Waals surface area contributed by atoms with Crippen molar-refractivity contribution >= 4 is 5.91 Å². The lowest BCUT2D eigenvalue weighted by atomic mass is 10.1. The minimum absolute atomic E-state index is 0.0387. The molecule has 2 saturated heterocycles. The average molecular weight is 254 g/mol. The first kappa shape index (κ1) is 13.8. The van der Waals surface area contributed by atoms with Gasteiger partial charge in [0, 0.05) is 6.61 Å². The number of unbranched alkanes of at least 4 members (excludes halogenated alkanes) is 1. The van der Waals surface area contributed by atoms with E-state index >= 15 is 0 Å². The molecule has 0 aromatic rings. The molecule has 1 N–H and O–H groups in total. The second-order valence-corrected chi connectivity index (χ2v) is 5.40. The zero-order chi connectivity index (χ0) is 13.0. The number of hydrogen-bond donors (Lipinski definition) is 1. The Morgan fingerprint density at radius 1 is 1.44 bits per heavy atom. The van der Waals surface area contributed by atoms with E-state index in [-0.39, 0.29) is 18.2 Å². The minimum atomic E-state index is 0.0387. The Morgan fingerprint density at radius 3 is 2.89 bits per heavy atom. The lowest BCUT2D eigenvalue weighted by Crippen LogP contribution is -2.48. The highest BCUT2D eigenvalue weighted by Gasteiger charge is 2.41. The van der Waals surface area contributed by atoms with Gasteiger partial charge >= 0.3 is 0 Å². The zero-order valence-electron chi connectivity index (χ0n) is 11.7. The van der Waals surface area contributed by atoms with Crippen molar-refractivity contribution in [2.45, 2.75) is 70.6 Å². The third kappa shape index (κ3) is 2.86. The van der Waals surface area contributed by atoms with Crippen molar-refractivity contribution in [3.63, 3.8) is 0 Å². The molecule has 0 aliphatic carbocycles. The van der Waals surface area contributed by atoms with Crippen molar-refractivity contribution in [2.24, 2.45) is 0 Å². The van der Waals surface area contributed by atoms with Gasteiger partial charge < -0.3 is 9.64 Å². The van der Waals surface area contributed by atoms with Gasteiger partial charge in [0.1, 0.15) is 0 Å². The molecule has 0 aromatic carbocycles. The minimum Gasteiger partial charge on any atom is -0.379 e. The van der Waals surface area contributed by atoms with Crippen molar-refractivity contribution in [2.75, 3.05) is 13.2 Å². The molecule has 0 bridgehead atoms. The normalized spacial score (nSPS) is 33.1. The van der Waals surface area contributed by atoms with Crippen molar-refractivity contribution in [3.05, 3.63) is 0 Å². The Hall–Kier alpha value is -0.610. The molecule has 1 amide bonds. The third-order valence-corrected chi connectivity index (χ3v) is 4.04. The van der Waals surface area contributed by atoms with Crippen LogP contribution in [0.2, 0.25) is 0 Å². The van der Waals surface area contributed by atoms with Crippen LogP contribution in [-0.2, 0) is 9.53 Å². The number of rotatable bonds is 5. The fourth-order valence-electron chi connectivity index (χ4n) is 3.02. The van der Waals surface area contributed by atoms with E-state index in [0.29, 0.717) is 12.5 Å². The fourth-order valence-corrected chi connectivity index (χ4v) is 3.02. The molecular formula is C14H26N2O2. The summed E-state index contributed by atoms with van der Waals surface area (Å²) < 4.78 is 5.53. The molecule has 2 heterocycles. The van der Waals surface area contributed by atoms with Crippen molar-refractivity contribution < 1.29 is 9.53 Å². The van der Waals surface area contributed by atoms with E-state index in [1.165, 1.54) is 0 Å². The SMILES string of the molecule is CCCCC1NC(CC)N(C2CCCOC2)C1=O. The summed E-state index contributed by atoms with van der Waals surface area (Å²) in [5.74, 6) is 0.297. The lowest BCUT2D eigenvalue weighted by molar-refractivity contribution is -0.135. The topological polar surface area (TPSA) is 41.6 Å². The highest BCUT2D eigenvalue weighted by Crippen LogP contribution is 2.24. The van der Waals surface area contributed by atoms with Gasteiger partial charge in [-0.2, -0.15) is 0 Å². The van der Waals surface area contributed by atoms with Gasteiger partial charge in [0.25, 0.3) is 0 Å². The van der Waals surface area contributed by atoms with Crippen LogP contribution >= 0.6 is 0 Å². The van der Waals surface area contributed by atoms with E-state index in [9.17, 15) is 4.79 Å². The number of ether oxygens (including phenoxy) is 1. The molecule has 3 unspecified atom stereocenters. The number of carbonyl (C=O) groups is 1. The smallest absolute Gasteiger partial charge is 0.241 e. The third-order valence-electron chi connectivity index (χ3n) is 4.04. The summed E-state index contributed by atoms with van der Waals surface area (Å²) in [7, 11) is 0. The van der Waals surface area contributed by atoms with Crippen molar-refractivity contribution in [1.29, 1.82) is 0 Å². The van der Waals surface area contributed by atoms with E-state index < -0.39 is 0 Å². The molecule has 0 radical (unpaired) electrons. The number of carbonyl (C=O) groups excluding carboxylic acids is 1. The van der Waals surface area contributed by atoms with Crippen molar-refractivity contribution in [1.82, 2.24) is 10.2 Å². The van der Waals surface area contributed by atoms with Crippen LogP contribution in [0.5, 0.6) is 0 Å². The number of hydrogen-bond acceptors (Lipinski definition) is 3. The Bertz CT molecular complexity index is 277. The maximum atomic E-state index is 12.5. The van der Waals surface area contributed by atoms with E-state index in [1.54, 1.807) is 0 Å². The molecule has 0 saturated carbocycles. The Labute approximate surface area is 110 Å². The molecule has 4 nitrogen and oxygen atoms in total. The first-order valence-electron chi connectivity index (χ1n) is 7.43. The predicted molar refractivity (Wildman–Crippen MR) is 71.2 cm³/mol. The average Bonchev–Trinajstić information content (AvgIpc) is 2.74. The van der Waals surface area contributed by atoms with Crippen LogP contribution in [0.3, 0.4) is 0 Å². The van der Waals surface area contributed by atoms with Gasteiger partial charge in [-0.1, -0.05) is 26.7 Å². The molecule has 2 aliphatic rings. The first-order valence-corrected chi connectivity index (χ1v) is 7.43. The van der Waals surface area contributed by atoms with E-state index in [2.05, 4.69) is 24.1 Å². The summed E-state index contributed by atoms with van der Waals surface area (Å²) in [6.07, 6.45) is 6.59. The summed E-state index contributed by atoms with van der Waals surface area (Å²) in [5, 5.41) is 3.49. The van der Waals surface area contributed by atoms with E-state index in [1.807, 2.05) is 0 Å².